The Bertz CT molecular complexity index is 550. The van der Waals surface area contributed by atoms with E-state index in [1.807, 2.05) is 13.8 Å². The highest BCUT2D eigenvalue weighted by Crippen LogP contribution is 2.22. The number of nitrogens with one attached hydrogen (secondary N) is 1. The van der Waals surface area contributed by atoms with Crippen molar-refractivity contribution >= 4 is 21.6 Å². The standard InChI is InChI=1S/C14H21ClFNO2S/c1-9(2)13(5-6-15)17-20(18,19)14-10(3)7-12(16)8-11(14)4/h7-9,13,17H,5-6H2,1-4H3. The van der Waals surface area contributed by atoms with Crippen molar-refractivity contribution < 1.29 is 12.8 Å². The molecule has 0 aliphatic carbocycles. The molecule has 0 fully saturated rings. The topological polar surface area (TPSA) is 46.2 Å². The first-order chi connectivity index (χ1) is 9.19. The second-order valence-electron chi connectivity index (χ2n) is 5.32. The molecule has 0 aliphatic rings. The summed E-state index contributed by atoms with van der Waals surface area (Å²) >= 11 is 5.71. The van der Waals surface area contributed by atoms with Gasteiger partial charge in [-0.1, -0.05) is 13.8 Å². The molecule has 0 saturated heterocycles. The lowest BCUT2D eigenvalue weighted by Gasteiger charge is -2.22. The van der Waals surface area contributed by atoms with Gasteiger partial charge in [0, 0.05) is 11.9 Å². The predicted molar refractivity (Wildman–Crippen MR) is 80.2 cm³/mol. The molecule has 0 aliphatic heterocycles. The maximum Gasteiger partial charge on any atom is 0.241 e. The first kappa shape index (κ1) is 17.4. The summed E-state index contributed by atoms with van der Waals surface area (Å²) in [4.78, 5) is 0.152. The maximum atomic E-state index is 13.3. The van der Waals surface area contributed by atoms with Crippen LogP contribution in [-0.2, 0) is 10.0 Å². The lowest BCUT2D eigenvalue weighted by Crippen LogP contribution is -2.39. The van der Waals surface area contributed by atoms with Gasteiger partial charge < -0.3 is 0 Å². The van der Waals surface area contributed by atoms with E-state index in [2.05, 4.69) is 4.72 Å². The van der Waals surface area contributed by atoms with E-state index in [1.54, 1.807) is 13.8 Å². The van der Waals surface area contributed by atoms with Crippen molar-refractivity contribution in [1.82, 2.24) is 4.72 Å². The maximum absolute atomic E-state index is 13.3. The monoisotopic (exact) mass is 321 g/mol. The Hall–Kier alpha value is -0.650. The predicted octanol–water partition coefficient (Wildman–Crippen LogP) is 3.37. The van der Waals surface area contributed by atoms with Crippen LogP contribution in [0.15, 0.2) is 17.0 Å². The Labute approximate surface area is 125 Å². The summed E-state index contributed by atoms with van der Waals surface area (Å²) in [5, 5.41) is 0. The number of halogens is 2. The summed E-state index contributed by atoms with van der Waals surface area (Å²) in [5.74, 6) is 0.0805. The molecule has 0 radical (unpaired) electrons. The van der Waals surface area contributed by atoms with Gasteiger partial charge in [-0.25, -0.2) is 17.5 Å². The van der Waals surface area contributed by atoms with Gasteiger partial charge in [0.1, 0.15) is 5.82 Å². The van der Waals surface area contributed by atoms with E-state index in [4.69, 9.17) is 11.6 Å². The largest absolute Gasteiger partial charge is 0.241 e. The quantitative estimate of drug-likeness (QED) is 0.816. The summed E-state index contributed by atoms with van der Waals surface area (Å²) in [6.07, 6.45) is 0.553. The molecule has 0 heterocycles. The highest BCUT2D eigenvalue weighted by atomic mass is 35.5. The second kappa shape index (κ2) is 6.87. The van der Waals surface area contributed by atoms with Crippen molar-refractivity contribution in [2.75, 3.05) is 5.88 Å². The summed E-state index contributed by atoms with van der Waals surface area (Å²) < 4.78 is 40.9. The second-order valence-corrected chi connectivity index (χ2v) is 7.35. The third-order valence-electron chi connectivity index (χ3n) is 3.23. The number of alkyl halides is 1. The van der Waals surface area contributed by atoms with E-state index in [1.165, 1.54) is 12.1 Å². The van der Waals surface area contributed by atoms with Crippen LogP contribution < -0.4 is 4.72 Å². The fraction of sp³-hybridized carbons (Fsp3) is 0.571. The summed E-state index contributed by atoms with van der Waals surface area (Å²) in [6, 6.07) is 2.22. The molecule has 1 aromatic carbocycles. The van der Waals surface area contributed by atoms with Crippen molar-refractivity contribution in [2.45, 2.75) is 45.1 Å². The van der Waals surface area contributed by atoms with Crippen LogP contribution >= 0.6 is 11.6 Å². The SMILES string of the molecule is Cc1cc(F)cc(C)c1S(=O)(=O)NC(CCCl)C(C)C. The molecule has 0 bridgehead atoms. The fourth-order valence-electron chi connectivity index (χ4n) is 2.23. The summed E-state index contributed by atoms with van der Waals surface area (Å²) in [6.45, 7) is 7.06. The third-order valence-corrected chi connectivity index (χ3v) is 5.24. The van der Waals surface area contributed by atoms with Gasteiger partial charge in [-0.05, 0) is 49.4 Å². The Balaban J connectivity index is 3.17. The molecule has 0 aromatic heterocycles. The molecular weight excluding hydrogens is 301 g/mol. The van der Waals surface area contributed by atoms with Crippen LogP contribution in [0, 0.1) is 25.6 Å². The first-order valence-electron chi connectivity index (χ1n) is 6.54. The first-order valence-corrected chi connectivity index (χ1v) is 8.56. The molecule has 3 nitrogen and oxygen atoms in total. The number of benzene rings is 1. The smallest absolute Gasteiger partial charge is 0.208 e. The number of aryl methyl sites for hydroxylation is 2. The minimum atomic E-state index is -3.68. The van der Waals surface area contributed by atoms with Crippen LogP contribution in [-0.4, -0.2) is 20.3 Å². The van der Waals surface area contributed by atoms with Gasteiger partial charge in [-0.15, -0.1) is 11.6 Å². The Kier molecular flexibility index (Phi) is 5.98. The lowest BCUT2D eigenvalue weighted by atomic mass is 10.0. The zero-order chi connectivity index (χ0) is 15.5. The minimum Gasteiger partial charge on any atom is -0.208 e. The van der Waals surface area contributed by atoms with E-state index >= 15 is 0 Å². The van der Waals surface area contributed by atoms with Gasteiger partial charge in [-0.2, -0.15) is 0 Å². The lowest BCUT2D eigenvalue weighted by molar-refractivity contribution is 0.438. The third kappa shape index (κ3) is 4.17. The Morgan fingerprint density at radius 2 is 1.75 bits per heavy atom. The van der Waals surface area contributed by atoms with Gasteiger partial charge in [0.15, 0.2) is 0 Å². The van der Waals surface area contributed by atoms with E-state index < -0.39 is 15.8 Å². The van der Waals surface area contributed by atoms with Gasteiger partial charge >= 0.3 is 0 Å². The zero-order valence-corrected chi connectivity index (χ0v) is 13.8. The van der Waals surface area contributed by atoms with Crippen molar-refractivity contribution in [2.24, 2.45) is 5.92 Å². The molecule has 114 valence electrons. The zero-order valence-electron chi connectivity index (χ0n) is 12.2. The fourth-order valence-corrected chi connectivity index (χ4v) is 4.33. The van der Waals surface area contributed by atoms with Gasteiger partial charge in [0.25, 0.3) is 0 Å². The van der Waals surface area contributed by atoms with Gasteiger partial charge in [0.2, 0.25) is 10.0 Å². The van der Waals surface area contributed by atoms with Crippen molar-refractivity contribution in [3.63, 3.8) is 0 Å². The minimum absolute atomic E-state index is 0.129. The van der Waals surface area contributed by atoms with Crippen molar-refractivity contribution in [3.8, 4) is 0 Å². The molecule has 0 spiro atoms. The number of rotatable bonds is 6. The molecule has 20 heavy (non-hydrogen) atoms. The normalized spacial score (nSPS) is 13.8. The van der Waals surface area contributed by atoms with Crippen molar-refractivity contribution in [3.05, 3.63) is 29.1 Å². The highest BCUT2D eigenvalue weighted by molar-refractivity contribution is 7.89. The number of hydrogen-bond acceptors (Lipinski definition) is 2. The average Bonchev–Trinajstić information content (AvgIpc) is 2.25. The van der Waals surface area contributed by atoms with Crippen LogP contribution in [0.2, 0.25) is 0 Å². The molecule has 6 heteroatoms. The van der Waals surface area contributed by atoms with Crippen molar-refractivity contribution in [1.29, 1.82) is 0 Å². The molecule has 1 unspecified atom stereocenters. The molecular formula is C14H21ClFNO2S. The average molecular weight is 322 g/mol. The van der Waals surface area contributed by atoms with Crippen LogP contribution in [0.25, 0.3) is 0 Å². The van der Waals surface area contributed by atoms with E-state index in [-0.39, 0.29) is 16.9 Å². The number of sulfonamides is 1. The molecule has 0 amide bonds. The van der Waals surface area contributed by atoms with Crippen LogP contribution in [0.5, 0.6) is 0 Å². The Morgan fingerprint density at radius 3 is 2.15 bits per heavy atom. The summed E-state index contributed by atoms with van der Waals surface area (Å²) in [5.41, 5.74) is 0.812. The number of hydrogen-bond donors (Lipinski definition) is 1. The van der Waals surface area contributed by atoms with E-state index in [0.717, 1.165) is 0 Å². The van der Waals surface area contributed by atoms with E-state index in [9.17, 15) is 12.8 Å². The molecule has 1 aromatic rings. The molecule has 1 N–H and O–H groups in total. The molecule has 1 rings (SSSR count). The van der Waals surface area contributed by atoms with Crippen LogP contribution in [0.3, 0.4) is 0 Å². The van der Waals surface area contributed by atoms with E-state index in [0.29, 0.717) is 23.4 Å². The molecule has 0 saturated carbocycles. The van der Waals surface area contributed by atoms with Crippen LogP contribution in [0.1, 0.15) is 31.4 Å². The molecule has 1 atom stereocenters. The van der Waals surface area contributed by atoms with Gasteiger partial charge in [-0.3, -0.25) is 0 Å². The van der Waals surface area contributed by atoms with Crippen LogP contribution in [0.4, 0.5) is 4.39 Å². The highest BCUT2D eigenvalue weighted by Gasteiger charge is 2.25. The Morgan fingerprint density at radius 1 is 1.25 bits per heavy atom. The van der Waals surface area contributed by atoms with Gasteiger partial charge in [0.05, 0.1) is 4.90 Å². The summed E-state index contributed by atoms with van der Waals surface area (Å²) in [7, 11) is -3.68.